The van der Waals surface area contributed by atoms with Crippen LogP contribution in [0.3, 0.4) is 0 Å². The van der Waals surface area contributed by atoms with Gasteiger partial charge < -0.3 is 5.11 Å². The summed E-state index contributed by atoms with van der Waals surface area (Å²) < 4.78 is 1.57. The van der Waals surface area contributed by atoms with E-state index in [9.17, 15) is 5.11 Å². The Labute approximate surface area is 95.1 Å². The van der Waals surface area contributed by atoms with Gasteiger partial charge >= 0.3 is 0 Å². The molecule has 0 saturated carbocycles. The monoisotopic (exact) mass is 226 g/mol. The van der Waals surface area contributed by atoms with Gasteiger partial charge in [-0.1, -0.05) is 11.6 Å². The van der Waals surface area contributed by atoms with Gasteiger partial charge in [0, 0.05) is 19.0 Å². The Kier molecular flexibility index (Phi) is 4.19. The van der Waals surface area contributed by atoms with Crippen LogP contribution in [0.5, 0.6) is 0 Å². The maximum atomic E-state index is 9.92. The van der Waals surface area contributed by atoms with Crippen LogP contribution in [-0.2, 0) is 7.05 Å². The lowest BCUT2D eigenvalue weighted by Crippen LogP contribution is -1.99. The van der Waals surface area contributed by atoms with Crippen molar-refractivity contribution in [3.8, 4) is 12.3 Å². The summed E-state index contributed by atoms with van der Waals surface area (Å²) in [5.74, 6) is 2.54. The van der Waals surface area contributed by atoms with E-state index in [0.29, 0.717) is 18.0 Å². The number of aliphatic hydroxyl groups excluding tert-OH is 1. The van der Waals surface area contributed by atoms with Crippen molar-refractivity contribution in [2.45, 2.75) is 32.3 Å². The first-order valence-corrected chi connectivity index (χ1v) is 5.26. The van der Waals surface area contributed by atoms with Gasteiger partial charge in [-0.25, -0.2) is 0 Å². The Morgan fingerprint density at radius 1 is 1.67 bits per heavy atom. The highest BCUT2D eigenvalue weighted by Gasteiger charge is 2.18. The van der Waals surface area contributed by atoms with E-state index in [4.69, 9.17) is 18.0 Å². The molecule has 0 aliphatic rings. The van der Waals surface area contributed by atoms with Gasteiger partial charge in [0.15, 0.2) is 0 Å². The summed E-state index contributed by atoms with van der Waals surface area (Å²) >= 11 is 6.02. The molecule has 1 aromatic rings. The molecule has 0 aromatic carbocycles. The number of halogens is 1. The minimum absolute atomic E-state index is 0.501. The quantitative estimate of drug-likeness (QED) is 0.632. The third-order valence-corrected chi connectivity index (χ3v) is 2.78. The molecule has 1 rings (SSSR count). The molecule has 1 N–H and O–H groups in total. The average molecular weight is 227 g/mol. The molecule has 0 aliphatic carbocycles. The first kappa shape index (κ1) is 12.1. The second-order valence-corrected chi connectivity index (χ2v) is 3.88. The Morgan fingerprint density at radius 3 is 2.80 bits per heavy atom. The Morgan fingerprint density at radius 2 is 2.33 bits per heavy atom. The standard InChI is InChI=1S/C11H15ClN2O/c1-4-5-6-7-9(15)10-8(2)13-14(3)11(10)12/h1,9,15H,5-7H2,2-3H3. The molecule has 0 spiro atoms. The van der Waals surface area contributed by atoms with Crippen LogP contribution in [0.15, 0.2) is 0 Å². The molecular weight excluding hydrogens is 212 g/mol. The topological polar surface area (TPSA) is 38.1 Å². The van der Waals surface area contributed by atoms with Gasteiger partial charge in [0.25, 0.3) is 0 Å². The van der Waals surface area contributed by atoms with Crippen LogP contribution in [0.2, 0.25) is 5.15 Å². The van der Waals surface area contributed by atoms with Crippen LogP contribution in [0.4, 0.5) is 0 Å². The largest absolute Gasteiger partial charge is 0.388 e. The lowest BCUT2D eigenvalue weighted by atomic mass is 10.1. The van der Waals surface area contributed by atoms with Crippen molar-refractivity contribution >= 4 is 11.6 Å². The Balaban J connectivity index is 2.73. The highest BCUT2D eigenvalue weighted by molar-refractivity contribution is 6.30. The second kappa shape index (κ2) is 5.20. The SMILES string of the molecule is C#CCCCC(O)c1c(C)nn(C)c1Cl. The van der Waals surface area contributed by atoms with Gasteiger partial charge in [-0.3, -0.25) is 4.68 Å². The van der Waals surface area contributed by atoms with E-state index in [1.165, 1.54) is 0 Å². The third-order valence-electron chi connectivity index (χ3n) is 2.33. The minimum atomic E-state index is -0.570. The summed E-state index contributed by atoms with van der Waals surface area (Å²) in [6.07, 6.45) is 6.66. The zero-order valence-corrected chi connectivity index (χ0v) is 9.75. The average Bonchev–Trinajstić information content (AvgIpc) is 2.41. The van der Waals surface area contributed by atoms with Gasteiger partial charge in [0.1, 0.15) is 5.15 Å². The van der Waals surface area contributed by atoms with Crippen LogP contribution in [0.25, 0.3) is 0 Å². The van der Waals surface area contributed by atoms with Gasteiger partial charge in [-0.05, 0) is 19.8 Å². The first-order chi connectivity index (χ1) is 7.07. The minimum Gasteiger partial charge on any atom is -0.388 e. The van der Waals surface area contributed by atoms with Gasteiger partial charge in [-0.15, -0.1) is 12.3 Å². The van der Waals surface area contributed by atoms with Crippen molar-refractivity contribution in [2.24, 2.45) is 7.05 Å². The van der Waals surface area contributed by atoms with Crippen LogP contribution in [-0.4, -0.2) is 14.9 Å². The number of terminal acetylenes is 1. The molecule has 0 saturated heterocycles. The molecule has 0 aliphatic heterocycles. The number of hydrogen-bond acceptors (Lipinski definition) is 2. The molecule has 1 heterocycles. The maximum absolute atomic E-state index is 9.92. The molecule has 4 heteroatoms. The van der Waals surface area contributed by atoms with Gasteiger partial charge in [-0.2, -0.15) is 5.10 Å². The van der Waals surface area contributed by atoms with E-state index in [0.717, 1.165) is 17.7 Å². The highest BCUT2D eigenvalue weighted by atomic mass is 35.5. The van der Waals surface area contributed by atoms with Crippen molar-refractivity contribution in [3.63, 3.8) is 0 Å². The Bertz CT molecular complexity index is 379. The zero-order valence-electron chi connectivity index (χ0n) is 9.00. The lowest BCUT2D eigenvalue weighted by molar-refractivity contribution is 0.164. The van der Waals surface area contributed by atoms with Crippen molar-refractivity contribution < 1.29 is 5.11 Å². The molecule has 0 fully saturated rings. The molecule has 0 radical (unpaired) electrons. The number of aromatic nitrogens is 2. The van der Waals surface area contributed by atoms with Crippen molar-refractivity contribution in [1.29, 1.82) is 0 Å². The summed E-state index contributed by atoms with van der Waals surface area (Å²) in [6.45, 7) is 1.84. The van der Waals surface area contributed by atoms with E-state index >= 15 is 0 Å². The molecule has 82 valence electrons. The molecule has 1 unspecified atom stereocenters. The Hall–Kier alpha value is -0.980. The van der Waals surface area contributed by atoms with E-state index in [2.05, 4.69) is 11.0 Å². The predicted octanol–water partition coefficient (Wildman–Crippen LogP) is 2.22. The fourth-order valence-electron chi connectivity index (χ4n) is 1.57. The van der Waals surface area contributed by atoms with Crippen molar-refractivity contribution in [1.82, 2.24) is 9.78 Å². The number of hydrogen-bond donors (Lipinski definition) is 1. The summed E-state index contributed by atoms with van der Waals surface area (Å²) in [4.78, 5) is 0. The zero-order chi connectivity index (χ0) is 11.4. The number of aliphatic hydroxyl groups is 1. The normalized spacial score (nSPS) is 12.5. The summed E-state index contributed by atoms with van der Waals surface area (Å²) in [6, 6.07) is 0. The van der Waals surface area contributed by atoms with E-state index in [-0.39, 0.29) is 0 Å². The smallest absolute Gasteiger partial charge is 0.132 e. The molecule has 1 atom stereocenters. The van der Waals surface area contributed by atoms with Crippen LogP contribution < -0.4 is 0 Å². The molecule has 0 bridgehead atoms. The number of unbranched alkanes of at least 4 members (excludes halogenated alkanes) is 1. The number of aryl methyl sites for hydroxylation is 2. The summed E-state index contributed by atoms with van der Waals surface area (Å²) in [5.41, 5.74) is 1.49. The fraction of sp³-hybridized carbons (Fsp3) is 0.545. The van der Waals surface area contributed by atoms with E-state index < -0.39 is 6.10 Å². The van der Waals surface area contributed by atoms with Crippen molar-refractivity contribution in [2.75, 3.05) is 0 Å². The number of rotatable bonds is 4. The predicted molar refractivity (Wildman–Crippen MR) is 60.6 cm³/mol. The highest BCUT2D eigenvalue weighted by Crippen LogP contribution is 2.28. The summed E-state index contributed by atoms with van der Waals surface area (Å²) in [5, 5.41) is 14.6. The molecule has 0 amide bonds. The molecule has 1 aromatic heterocycles. The van der Waals surface area contributed by atoms with E-state index in [1.807, 2.05) is 6.92 Å². The maximum Gasteiger partial charge on any atom is 0.132 e. The van der Waals surface area contributed by atoms with Crippen LogP contribution in [0, 0.1) is 19.3 Å². The van der Waals surface area contributed by atoms with E-state index in [1.54, 1.807) is 11.7 Å². The molecule has 3 nitrogen and oxygen atoms in total. The number of nitrogens with zero attached hydrogens (tertiary/aromatic N) is 2. The van der Waals surface area contributed by atoms with Gasteiger partial charge in [0.2, 0.25) is 0 Å². The molecule has 15 heavy (non-hydrogen) atoms. The third kappa shape index (κ3) is 2.74. The lowest BCUT2D eigenvalue weighted by Gasteiger charge is -2.09. The van der Waals surface area contributed by atoms with Crippen LogP contribution in [0.1, 0.15) is 36.6 Å². The van der Waals surface area contributed by atoms with Crippen LogP contribution >= 0.6 is 11.6 Å². The summed E-state index contributed by atoms with van der Waals surface area (Å²) in [7, 11) is 1.76. The first-order valence-electron chi connectivity index (χ1n) is 4.88. The fourth-order valence-corrected chi connectivity index (χ4v) is 1.87. The van der Waals surface area contributed by atoms with Gasteiger partial charge in [0.05, 0.1) is 11.8 Å². The van der Waals surface area contributed by atoms with Crippen molar-refractivity contribution in [3.05, 3.63) is 16.4 Å². The molecular formula is C11H15ClN2O. The second-order valence-electron chi connectivity index (χ2n) is 3.53.